The first-order valence-electron chi connectivity index (χ1n) is 9.80. The average molecular weight is 454 g/mol. The monoisotopic (exact) mass is 454 g/mol. The summed E-state index contributed by atoms with van der Waals surface area (Å²) in [5, 5.41) is 5.14. The molecule has 0 spiro atoms. The molecule has 0 radical (unpaired) electrons. The number of benzene rings is 1. The van der Waals surface area contributed by atoms with Gasteiger partial charge in [-0.05, 0) is 18.2 Å². The van der Waals surface area contributed by atoms with E-state index in [1.165, 1.54) is 22.7 Å². The Labute approximate surface area is 179 Å². The standard InChI is InChI=1S/C21H19F5N4O2/c22-20(23)7-8-27-10-17(20)29-19(31)15-11-30-9-3-5-14(18(30)28-15)13-4-1-2-6-16(13)32-12-21(24,25)26/h1-6,9,11,17,27H,7-8,10,12H2,(H,29,31). The van der Waals surface area contributed by atoms with E-state index in [1.807, 2.05) is 0 Å². The summed E-state index contributed by atoms with van der Waals surface area (Å²) < 4.78 is 72.4. The maximum Gasteiger partial charge on any atom is 0.422 e. The quantitative estimate of drug-likeness (QED) is 0.578. The lowest BCUT2D eigenvalue weighted by Gasteiger charge is -2.32. The first kappa shape index (κ1) is 22.0. The summed E-state index contributed by atoms with van der Waals surface area (Å²) in [5.41, 5.74) is 0.957. The molecule has 0 bridgehead atoms. The molecule has 3 heterocycles. The van der Waals surface area contributed by atoms with Gasteiger partial charge >= 0.3 is 6.18 Å². The lowest BCUT2D eigenvalue weighted by Crippen LogP contribution is -2.57. The Morgan fingerprint density at radius 3 is 2.72 bits per heavy atom. The molecule has 32 heavy (non-hydrogen) atoms. The molecule has 6 nitrogen and oxygen atoms in total. The van der Waals surface area contributed by atoms with Gasteiger partial charge in [-0.1, -0.05) is 18.2 Å². The van der Waals surface area contributed by atoms with Gasteiger partial charge in [0.2, 0.25) is 0 Å². The molecule has 1 saturated heterocycles. The average Bonchev–Trinajstić information content (AvgIpc) is 3.18. The lowest BCUT2D eigenvalue weighted by atomic mass is 10.0. The number of hydrogen-bond donors (Lipinski definition) is 2. The predicted octanol–water partition coefficient (Wildman–Crippen LogP) is 3.67. The van der Waals surface area contributed by atoms with Gasteiger partial charge < -0.3 is 19.8 Å². The Kier molecular flexibility index (Phi) is 5.76. The minimum atomic E-state index is -4.51. The Hall–Kier alpha value is -3.21. The summed E-state index contributed by atoms with van der Waals surface area (Å²) >= 11 is 0. The van der Waals surface area contributed by atoms with Crippen LogP contribution in [0.15, 0.2) is 48.8 Å². The summed E-state index contributed by atoms with van der Waals surface area (Å²) in [7, 11) is 0. The van der Waals surface area contributed by atoms with Gasteiger partial charge in [0.1, 0.15) is 23.1 Å². The molecule has 2 N–H and O–H groups in total. The molecule has 11 heteroatoms. The molecule has 0 aliphatic carbocycles. The molecule has 0 saturated carbocycles. The fraction of sp³-hybridized carbons (Fsp3) is 0.333. The lowest BCUT2D eigenvalue weighted by molar-refractivity contribution is -0.153. The predicted molar refractivity (Wildman–Crippen MR) is 106 cm³/mol. The molecule has 1 aliphatic heterocycles. The highest BCUT2D eigenvalue weighted by Crippen LogP contribution is 2.33. The van der Waals surface area contributed by atoms with Crippen LogP contribution in [0.5, 0.6) is 5.75 Å². The molecular formula is C21H19F5N4O2. The van der Waals surface area contributed by atoms with E-state index < -0.39 is 30.7 Å². The van der Waals surface area contributed by atoms with Crippen LogP contribution in [0.4, 0.5) is 22.0 Å². The minimum Gasteiger partial charge on any atom is -0.483 e. The highest BCUT2D eigenvalue weighted by atomic mass is 19.4. The Bertz CT molecular complexity index is 1130. The number of aromatic nitrogens is 2. The van der Waals surface area contributed by atoms with E-state index >= 15 is 0 Å². The molecule has 1 aromatic carbocycles. The van der Waals surface area contributed by atoms with Gasteiger partial charge in [-0.25, -0.2) is 13.8 Å². The van der Waals surface area contributed by atoms with E-state index in [4.69, 9.17) is 4.74 Å². The SMILES string of the molecule is O=C(NC1CNCCC1(F)F)c1cn2cccc(-c3ccccc3OCC(F)(F)F)c2n1. The Balaban J connectivity index is 1.64. The molecular weight excluding hydrogens is 435 g/mol. The molecule has 2 aromatic heterocycles. The van der Waals surface area contributed by atoms with Crippen LogP contribution >= 0.6 is 0 Å². The number of rotatable bonds is 5. The summed E-state index contributed by atoms with van der Waals surface area (Å²) in [5.74, 6) is -3.81. The number of ether oxygens (including phenoxy) is 1. The van der Waals surface area contributed by atoms with E-state index in [-0.39, 0.29) is 36.6 Å². The van der Waals surface area contributed by atoms with Crippen molar-refractivity contribution in [3.63, 3.8) is 0 Å². The molecule has 1 atom stereocenters. The largest absolute Gasteiger partial charge is 0.483 e. The fourth-order valence-corrected chi connectivity index (χ4v) is 3.52. The second-order valence-corrected chi connectivity index (χ2v) is 7.42. The smallest absolute Gasteiger partial charge is 0.422 e. The number of amides is 1. The summed E-state index contributed by atoms with van der Waals surface area (Å²) in [6.07, 6.45) is -1.92. The fourth-order valence-electron chi connectivity index (χ4n) is 3.52. The van der Waals surface area contributed by atoms with E-state index in [2.05, 4.69) is 15.6 Å². The van der Waals surface area contributed by atoms with Crippen molar-refractivity contribution in [3.05, 3.63) is 54.5 Å². The number of carbonyl (C=O) groups excluding carboxylic acids is 1. The van der Waals surface area contributed by atoms with Crippen LogP contribution in [-0.4, -0.2) is 53.1 Å². The third-order valence-corrected chi connectivity index (χ3v) is 5.08. The summed E-state index contributed by atoms with van der Waals surface area (Å²) in [6.45, 7) is -1.37. The van der Waals surface area contributed by atoms with Crippen LogP contribution < -0.4 is 15.4 Å². The van der Waals surface area contributed by atoms with Crippen molar-refractivity contribution >= 4 is 11.6 Å². The third-order valence-electron chi connectivity index (χ3n) is 5.08. The molecule has 3 aromatic rings. The topological polar surface area (TPSA) is 67.7 Å². The van der Waals surface area contributed by atoms with Crippen molar-refractivity contribution in [1.82, 2.24) is 20.0 Å². The highest BCUT2D eigenvalue weighted by molar-refractivity contribution is 5.94. The maximum absolute atomic E-state index is 14.1. The second-order valence-electron chi connectivity index (χ2n) is 7.42. The van der Waals surface area contributed by atoms with Crippen LogP contribution in [0.3, 0.4) is 0 Å². The summed E-state index contributed by atoms with van der Waals surface area (Å²) in [4.78, 5) is 16.9. The zero-order valence-electron chi connectivity index (χ0n) is 16.6. The van der Waals surface area contributed by atoms with E-state index in [0.29, 0.717) is 11.1 Å². The first-order valence-corrected chi connectivity index (χ1v) is 9.80. The number of pyridine rings is 1. The van der Waals surface area contributed by atoms with Gasteiger partial charge in [-0.15, -0.1) is 0 Å². The van der Waals surface area contributed by atoms with Crippen molar-refractivity contribution < 1.29 is 31.5 Å². The number of hydrogen-bond acceptors (Lipinski definition) is 4. The number of imidazole rings is 1. The van der Waals surface area contributed by atoms with Crippen LogP contribution in [0.1, 0.15) is 16.9 Å². The van der Waals surface area contributed by atoms with Gasteiger partial charge in [0.05, 0.1) is 0 Å². The number of carbonyl (C=O) groups is 1. The Morgan fingerprint density at radius 1 is 1.22 bits per heavy atom. The Morgan fingerprint density at radius 2 is 1.97 bits per heavy atom. The third kappa shape index (κ3) is 4.67. The molecule has 1 fully saturated rings. The van der Waals surface area contributed by atoms with Crippen LogP contribution in [0.2, 0.25) is 0 Å². The van der Waals surface area contributed by atoms with Gasteiger partial charge in [0.25, 0.3) is 11.8 Å². The van der Waals surface area contributed by atoms with Crippen molar-refractivity contribution in [1.29, 1.82) is 0 Å². The molecule has 1 aliphatic rings. The zero-order valence-corrected chi connectivity index (χ0v) is 16.6. The number of nitrogens with zero attached hydrogens (tertiary/aromatic N) is 2. The van der Waals surface area contributed by atoms with Crippen LogP contribution in [0.25, 0.3) is 16.8 Å². The first-order chi connectivity index (χ1) is 15.1. The minimum absolute atomic E-state index is 0.000140. The number of halogens is 5. The van der Waals surface area contributed by atoms with E-state index in [9.17, 15) is 26.7 Å². The normalized spacial score (nSPS) is 18.5. The van der Waals surface area contributed by atoms with E-state index in [0.717, 1.165) is 0 Å². The van der Waals surface area contributed by atoms with Gasteiger partial charge in [-0.2, -0.15) is 13.2 Å². The molecule has 4 rings (SSSR count). The van der Waals surface area contributed by atoms with Gasteiger partial charge in [0, 0.05) is 43.0 Å². The van der Waals surface area contributed by atoms with Crippen molar-refractivity contribution in [2.24, 2.45) is 0 Å². The number of piperidine rings is 1. The van der Waals surface area contributed by atoms with Crippen LogP contribution in [-0.2, 0) is 0 Å². The maximum atomic E-state index is 14.1. The second kappa shape index (κ2) is 8.38. The summed E-state index contributed by atoms with van der Waals surface area (Å²) in [6, 6.07) is 8.03. The number of fused-ring (bicyclic) bond motifs is 1. The van der Waals surface area contributed by atoms with E-state index in [1.54, 1.807) is 30.5 Å². The van der Waals surface area contributed by atoms with Gasteiger partial charge in [-0.3, -0.25) is 4.79 Å². The van der Waals surface area contributed by atoms with Gasteiger partial charge in [0.15, 0.2) is 6.61 Å². The molecule has 1 amide bonds. The highest BCUT2D eigenvalue weighted by Gasteiger charge is 2.42. The molecule has 1 unspecified atom stereocenters. The van der Waals surface area contributed by atoms with Crippen molar-refractivity contribution in [2.45, 2.75) is 24.6 Å². The number of alkyl halides is 5. The number of nitrogens with one attached hydrogen (secondary N) is 2. The molecule has 170 valence electrons. The number of para-hydroxylation sites is 1. The van der Waals surface area contributed by atoms with Crippen molar-refractivity contribution in [3.8, 4) is 16.9 Å². The van der Waals surface area contributed by atoms with Crippen LogP contribution in [0, 0.1) is 0 Å². The van der Waals surface area contributed by atoms with Crippen molar-refractivity contribution in [2.75, 3.05) is 19.7 Å². The zero-order chi connectivity index (χ0) is 22.9.